The third-order valence-corrected chi connectivity index (χ3v) is 3.43. The van der Waals surface area contributed by atoms with Crippen molar-refractivity contribution in [2.24, 2.45) is 5.84 Å². The highest BCUT2D eigenvalue weighted by atomic mass is 79.9. The molecule has 0 spiro atoms. The third-order valence-electron chi connectivity index (χ3n) is 2.82. The second kappa shape index (κ2) is 6.23. The molecule has 0 saturated carbocycles. The van der Waals surface area contributed by atoms with Crippen molar-refractivity contribution in [2.45, 2.75) is 25.9 Å². The molecule has 1 heterocycles. The maximum atomic E-state index is 13.3. The summed E-state index contributed by atoms with van der Waals surface area (Å²) in [6.45, 7) is 2.82. The minimum absolute atomic E-state index is 0.279. The van der Waals surface area contributed by atoms with Crippen molar-refractivity contribution in [2.75, 3.05) is 0 Å². The van der Waals surface area contributed by atoms with Crippen molar-refractivity contribution in [1.29, 1.82) is 0 Å². The molecule has 3 N–H and O–H groups in total. The predicted molar refractivity (Wildman–Crippen MR) is 73.6 cm³/mol. The summed E-state index contributed by atoms with van der Waals surface area (Å²) in [6, 6.07) is 4.51. The van der Waals surface area contributed by atoms with Gasteiger partial charge in [-0.1, -0.05) is 18.2 Å². The molecule has 0 saturated heterocycles. The third kappa shape index (κ3) is 2.99. The number of hydrogen-bond donors (Lipinski definition) is 2. The van der Waals surface area contributed by atoms with Crippen molar-refractivity contribution in [3.63, 3.8) is 0 Å². The summed E-state index contributed by atoms with van der Waals surface area (Å²) >= 11 is 3.17. The van der Waals surface area contributed by atoms with Crippen molar-refractivity contribution in [3.05, 3.63) is 45.9 Å². The first-order valence-electron chi connectivity index (χ1n) is 5.96. The number of nitrogens with two attached hydrogens (primary N) is 1. The van der Waals surface area contributed by atoms with E-state index in [2.05, 4.69) is 38.6 Å². The van der Waals surface area contributed by atoms with E-state index in [1.807, 2.05) is 0 Å². The van der Waals surface area contributed by atoms with Crippen LogP contribution in [0, 0.1) is 5.82 Å². The van der Waals surface area contributed by atoms with Crippen LogP contribution < -0.4 is 11.3 Å². The van der Waals surface area contributed by atoms with Crippen LogP contribution in [-0.4, -0.2) is 15.0 Å². The van der Waals surface area contributed by atoms with Crippen molar-refractivity contribution in [3.8, 4) is 0 Å². The molecule has 0 aliphatic rings. The van der Waals surface area contributed by atoms with Crippen molar-refractivity contribution >= 4 is 15.9 Å². The summed E-state index contributed by atoms with van der Waals surface area (Å²) in [5, 5.41) is 7.93. The van der Waals surface area contributed by atoms with Gasteiger partial charge in [0.15, 0.2) is 0 Å². The summed E-state index contributed by atoms with van der Waals surface area (Å²) in [7, 11) is 0. The monoisotopic (exact) mass is 327 g/mol. The predicted octanol–water partition coefficient (Wildman–Crippen LogP) is 2.14. The number of rotatable bonds is 5. The van der Waals surface area contributed by atoms with Crippen LogP contribution in [-0.2, 0) is 6.54 Å². The molecule has 0 aliphatic carbocycles. The number of benzene rings is 1. The first-order valence-corrected chi connectivity index (χ1v) is 6.76. The Balaban J connectivity index is 2.38. The molecular formula is C12H15BrFN5. The molecule has 5 nitrogen and oxygen atoms in total. The largest absolute Gasteiger partial charge is 0.271 e. The topological polar surface area (TPSA) is 68.8 Å². The number of nitrogens with one attached hydrogen (secondary N) is 1. The lowest BCUT2D eigenvalue weighted by Crippen LogP contribution is -2.30. The molecule has 1 atom stereocenters. The fraction of sp³-hybridized carbons (Fsp3) is 0.333. The van der Waals surface area contributed by atoms with Gasteiger partial charge in [-0.2, -0.15) is 0 Å². The van der Waals surface area contributed by atoms with Crippen LogP contribution in [0.5, 0.6) is 0 Å². The second-order valence-electron chi connectivity index (χ2n) is 4.16. The van der Waals surface area contributed by atoms with Crippen LogP contribution in [0.25, 0.3) is 0 Å². The molecule has 7 heteroatoms. The zero-order chi connectivity index (χ0) is 13.8. The first kappa shape index (κ1) is 14.1. The molecule has 19 heavy (non-hydrogen) atoms. The van der Waals surface area contributed by atoms with E-state index in [1.54, 1.807) is 23.0 Å². The highest BCUT2D eigenvalue weighted by molar-refractivity contribution is 9.10. The lowest BCUT2D eigenvalue weighted by molar-refractivity contribution is 0.511. The Bertz CT molecular complexity index is 557. The van der Waals surface area contributed by atoms with E-state index in [0.29, 0.717) is 4.47 Å². The van der Waals surface area contributed by atoms with Crippen LogP contribution in [0.3, 0.4) is 0 Å². The average molecular weight is 328 g/mol. The zero-order valence-electron chi connectivity index (χ0n) is 10.5. The highest BCUT2D eigenvalue weighted by Gasteiger charge is 2.18. The van der Waals surface area contributed by atoms with Gasteiger partial charge in [0.1, 0.15) is 5.82 Å². The Kier molecular flexibility index (Phi) is 4.62. The molecule has 0 bridgehead atoms. The Morgan fingerprint density at radius 3 is 2.95 bits per heavy atom. The summed E-state index contributed by atoms with van der Waals surface area (Å²) in [5.41, 5.74) is 4.41. The van der Waals surface area contributed by atoms with E-state index in [9.17, 15) is 4.39 Å². The normalized spacial score (nSPS) is 12.6. The smallest absolute Gasteiger partial charge is 0.137 e. The van der Waals surface area contributed by atoms with E-state index in [-0.39, 0.29) is 11.9 Å². The SMILES string of the molecule is CCCn1nncc1C(NN)c1ccc(F)c(Br)c1. The van der Waals surface area contributed by atoms with Gasteiger partial charge in [-0.15, -0.1) is 5.10 Å². The van der Waals surface area contributed by atoms with E-state index in [0.717, 1.165) is 24.2 Å². The van der Waals surface area contributed by atoms with Crippen molar-refractivity contribution in [1.82, 2.24) is 20.4 Å². The van der Waals surface area contributed by atoms with E-state index >= 15 is 0 Å². The molecule has 1 unspecified atom stereocenters. The molecule has 1 aromatic carbocycles. The van der Waals surface area contributed by atoms with Crippen LogP contribution in [0.15, 0.2) is 28.9 Å². The Labute approximate surface area is 119 Å². The summed E-state index contributed by atoms with van der Waals surface area (Å²) in [5.74, 6) is 5.32. The quantitative estimate of drug-likeness (QED) is 0.652. The summed E-state index contributed by atoms with van der Waals surface area (Å²) in [4.78, 5) is 0. The molecule has 0 radical (unpaired) electrons. The number of nitrogens with zero attached hydrogens (tertiary/aromatic N) is 3. The fourth-order valence-electron chi connectivity index (χ4n) is 1.92. The molecule has 102 valence electrons. The van der Waals surface area contributed by atoms with E-state index in [1.165, 1.54) is 6.07 Å². The minimum atomic E-state index is -0.306. The van der Waals surface area contributed by atoms with Gasteiger partial charge >= 0.3 is 0 Å². The summed E-state index contributed by atoms with van der Waals surface area (Å²) in [6.07, 6.45) is 2.61. The summed E-state index contributed by atoms with van der Waals surface area (Å²) < 4.78 is 15.5. The lowest BCUT2D eigenvalue weighted by Gasteiger charge is -2.17. The van der Waals surface area contributed by atoms with Gasteiger partial charge in [0.2, 0.25) is 0 Å². The average Bonchev–Trinajstić information content (AvgIpc) is 2.83. The fourth-order valence-corrected chi connectivity index (χ4v) is 2.32. The van der Waals surface area contributed by atoms with E-state index < -0.39 is 0 Å². The molecule has 2 aromatic rings. The number of hydrogen-bond acceptors (Lipinski definition) is 4. The van der Waals surface area contributed by atoms with Crippen LogP contribution in [0.4, 0.5) is 4.39 Å². The Hall–Kier alpha value is -1.31. The van der Waals surface area contributed by atoms with Crippen molar-refractivity contribution < 1.29 is 4.39 Å². The molecule has 1 aromatic heterocycles. The van der Waals surface area contributed by atoms with Crippen LogP contribution >= 0.6 is 15.9 Å². The van der Waals surface area contributed by atoms with Gasteiger partial charge in [-0.3, -0.25) is 5.84 Å². The number of aromatic nitrogens is 3. The van der Waals surface area contributed by atoms with E-state index in [4.69, 9.17) is 5.84 Å². The molecular weight excluding hydrogens is 313 g/mol. The number of hydrazine groups is 1. The standard InChI is InChI=1S/C12H15BrFN5/c1-2-5-19-11(7-16-18-19)12(17-15)8-3-4-10(14)9(13)6-8/h3-4,6-7,12,17H,2,5,15H2,1H3. The Morgan fingerprint density at radius 1 is 1.53 bits per heavy atom. The van der Waals surface area contributed by atoms with Gasteiger partial charge in [-0.05, 0) is 40.0 Å². The number of halogens is 2. The molecule has 0 aliphatic heterocycles. The number of aryl methyl sites for hydroxylation is 1. The highest BCUT2D eigenvalue weighted by Crippen LogP contribution is 2.25. The van der Waals surface area contributed by atoms with Crippen LogP contribution in [0.2, 0.25) is 0 Å². The van der Waals surface area contributed by atoms with Gasteiger partial charge in [0.25, 0.3) is 0 Å². The maximum absolute atomic E-state index is 13.3. The Morgan fingerprint density at radius 2 is 2.32 bits per heavy atom. The van der Waals surface area contributed by atoms with Gasteiger partial charge in [0.05, 0.1) is 22.4 Å². The van der Waals surface area contributed by atoms with Gasteiger partial charge in [0, 0.05) is 6.54 Å². The zero-order valence-corrected chi connectivity index (χ0v) is 12.1. The second-order valence-corrected chi connectivity index (χ2v) is 5.01. The molecule has 0 amide bonds. The molecule has 2 rings (SSSR count). The maximum Gasteiger partial charge on any atom is 0.137 e. The van der Waals surface area contributed by atoms with Crippen LogP contribution in [0.1, 0.15) is 30.6 Å². The van der Waals surface area contributed by atoms with Gasteiger partial charge in [-0.25, -0.2) is 14.5 Å². The lowest BCUT2D eigenvalue weighted by atomic mass is 10.0. The molecule has 0 fully saturated rings. The minimum Gasteiger partial charge on any atom is -0.271 e. The first-order chi connectivity index (χ1) is 9.17. The van der Waals surface area contributed by atoms with Gasteiger partial charge < -0.3 is 0 Å².